The number of likely N-dealkylation sites (tertiary alicyclic amines) is 2. The number of amides is 1. The number of nitrogens with zero attached hydrogens (tertiary/aromatic N) is 6. The fourth-order valence-electron chi connectivity index (χ4n) is 7.89. The number of pyridine rings is 1. The molecule has 250 valence electrons. The van der Waals surface area contributed by atoms with Gasteiger partial charge < -0.3 is 40.5 Å². The van der Waals surface area contributed by atoms with Crippen LogP contribution in [0.4, 0.5) is 23.0 Å². The number of carbonyl (C=O) groups is 1. The number of hydrogen-bond acceptors (Lipinski definition) is 11. The van der Waals surface area contributed by atoms with E-state index in [-0.39, 0.29) is 17.6 Å². The number of aromatic nitrogens is 3. The highest BCUT2D eigenvalue weighted by molar-refractivity contribution is 5.97. The van der Waals surface area contributed by atoms with E-state index in [4.69, 9.17) is 25.2 Å². The van der Waals surface area contributed by atoms with Gasteiger partial charge in [-0.3, -0.25) is 9.78 Å². The highest BCUT2D eigenvalue weighted by atomic mass is 16.5. The molecule has 0 saturated carbocycles. The monoisotopic (exact) mass is 641 g/mol. The molecule has 1 aromatic carbocycles. The van der Waals surface area contributed by atoms with Crippen LogP contribution in [0, 0.1) is 5.41 Å². The van der Waals surface area contributed by atoms with Crippen molar-refractivity contribution in [2.45, 2.75) is 50.6 Å². The first-order valence-electron chi connectivity index (χ1n) is 17.0. The number of rotatable bonds is 9. The maximum Gasteiger partial charge on any atom is 0.271 e. The maximum atomic E-state index is 12.7. The second-order valence-corrected chi connectivity index (χ2v) is 13.7. The van der Waals surface area contributed by atoms with Crippen molar-refractivity contribution in [2.75, 3.05) is 82.2 Å². The minimum Gasteiger partial charge on any atom is -0.494 e. The molecule has 4 fully saturated rings. The van der Waals surface area contributed by atoms with E-state index in [2.05, 4.69) is 49.5 Å². The van der Waals surface area contributed by atoms with Gasteiger partial charge in [0, 0.05) is 69.0 Å². The van der Waals surface area contributed by atoms with Gasteiger partial charge in [-0.15, -0.1) is 0 Å². The molecule has 3 aromatic rings. The van der Waals surface area contributed by atoms with E-state index in [9.17, 15) is 4.79 Å². The minimum atomic E-state index is -0.683. The number of benzene rings is 1. The molecular weight excluding hydrogens is 594 g/mol. The molecule has 4 N–H and O–H groups in total. The molecule has 0 unspecified atom stereocenters. The highest BCUT2D eigenvalue weighted by Gasteiger charge is 2.44. The number of carbonyl (C=O) groups excluding carboxylic acids is 1. The Kier molecular flexibility index (Phi) is 9.15. The van der Waals surface area contributed by atoms with Crippen molar-refractivity contribution < 1.29 is 14.3 Å². The van der Waals surface area contributed by atoms with Crippen LogP contribution in [0.25, 0.3) is 11.4 Å². The zero-order valence-electron chi connectivity index (χ0n) is 27.6. The number of hydrogen-bond donors (Lipinski definition) is 3. The molecule has 1 amide bonds. The van der Waals surface area contributed by atoms with E-state index < -0.39 is 5.91 Å². The van der Waals surface area contributed by atoms with Gasteiger partial charge in [-0.05, 0) is 100 Å². The summed E-state index contributed by atoms with van der Waals surface area (Å²) in [7, 11) is 3.82. The number of piperidine rings is 2. The summed E-state index contributed by atoms with van der Waals surface area (Å²) in [6, 6.07) is 12.7. The Labute approximate surface area is 277 Å². The molecule has 7 rings (SSSR count). The summed E-state index contributed by atoms with van der Waals surface area (Å²) in [5.74, 6) is 0.636. The highest BCUT2D eigenvalue weighted by Crippen LogP contribution is 2.41. The van der Waals surface area contributed by atoms with Crippen LogP contribution in [-0.2, 0) is 4.74 Å². The Morgan fingerprint density at radius 1 is 0.957 bits per heavy atom. The maximum absolute atomic E-state index is 12.7. The van der Waals surface area contributed by atoms with Crippen LogP contribution in [0.3, 0.4) is 0 Å². The first-order chi connectivity index (χ1) is 22.9. The molecule has 0 radical (unpaired) electrons. The van der Waals surface area contributed by atoms with E-state index in [1.165, 1.54) is 57.5 Å². The van der Waals surface area contributed by atoms with Crippen molar-refractivity contribution in [2.24, 2.45) is 11.1 Å². The van der Waals surface area contributed by atoms with E-state index in [1.54, 1.807) is 25.4 Å². The van der Waals surface area contributed by atoms with Gasteiger partial charge >= 0.3 is 0 Å². The standard InChI is InChI=1S/C35H47N9O3/c1-42-22-35(23-42)13-18-44(19-14-35)27-9-16-43(17-10-27)26-7-5-24(6-8-26)38-34-31(32(36)45)40-30(29-28(46-2)4-3-15-37-29)33(41-34)39-25-11-20-47-21-12-25/h3-8,15,25,27H,9-14,16-23H2,1-2H3,(H2,36,45)(H2,38,39,41). The van der Waals surface area contributed by atoms with Gasteiger partial charge in [0.2, 0.25) is 0 Å². The average molecular weight is 642 g/mol. The summed E-state index contributed by atoms with van der Waals surface area (Å²) in [4.78, 5) is 34.5. The first kappa shape index (κ1) is 31.6. The second-order valence-electron chi connectivity index (χ2n) is 13.7. The second kappa shape index (κ2) is 13.6. The predicted octanol–water partition coefficient (Wildman–Crippen LogP) is 3.98. The van der Waals surface area contributed by atoms with Gasteiger partial charge in [0.1, 0.15) is 17.1 Å². The molecule has 0 aliphatic carbocycles. The largest absolute Gasteiger partial charge is 0.494 e. The molecule has 0 atom stereocenters. The van der Waals surface area contributed by atoms with Gasteiger partial charge in [0.25, 0.3) is 5.91 Å². The summed E-state index contributed by atoms with van der Waals surface area (Å²) < 4.78 is 11.1. The van der Waals surface area contributed by atoms with Crippen LogP contribution in [0.15, 0.2) is 42.6 Å². The summed E-state index contributed by atoms with van der Waals surface area (Å²) >= 11 is 0. The smallest absolute Gasteiger partial charge is 0.271 e. The van der Waals surface area contributed by atoms with Crippen molar-refractivity contribution in [1.82, 2.24) is 24.8 Å². The number of anilines is 4. The number of nitrogens with one attached hydrogen (secondary N) is 2. The van der Waals surface area contributed by atoms with Crippen molar-refractivity contribution in [3.05, 3.63) is 48.3 Å². The molecule has 12 heteroatoms. The van der Waals surface area contributed by atoms with Gasteiger partial charge in [-0.1, -0.05) is 0 Å². The molecule has 4 aliphatic rings. The summed E-state index contributed by atoms with van der Waals surface area (Å²) in [5.41, 5.74) is 9.37. The molecule has 0 bridgehead atoms. The Bertz CT molecular complexity index is 1540. The van der Waals surface area contributed by atoms with Gasteiger partial charge in [-0.2, -0.15) is 0 Å². The van der Waals surface area contributed by atoms with Crippen LogP contribution in [0.1, 0.15) is 49.0 Å². The summed E-state index contributed by atoms with van der Waals surface area (Å²) in [6.07, 6.45) is 8.41. The van der Waals surface area contributed by atoms with E-state index in [0.717, 1.165) is 31.6 Å². The zero-order valence-corrected chi connectivity index (χ0v) is 27.6. The van der Waals surface area contributed by atoms with Crippen molar-refractivity contribution >= 4 is 28.9 Å². The number of methoxy groups -OCH3 is 1. The number of primary amides is 1. The van der Waals surface area contributed by atoms with Crippen LogP contribution in [-0.4, -0.2) is 109 Å². The summed E-state index contributed by atoms with van der Waals surface area (Å²) in [5, 5.41) is 6.85. The zero-order chi connectivity index (χ0) is 32.4. The molecule has 6 heterocycles. The first-order valence-corrected chi connectivity index (χ1v) is 17.0. The fourth-order valence-corrected chi connectivity index (χ4v) is 7.89. The fraction of sp³-hybridized carbons (Fsp3) is 0.543. The van der Waals surface area contributed by atoms with Crippen LogP contribution in [0.5, 0.6) is 5.75 Å². The molecular formula is C35H47N9O3. The lowest BCUT2D eigenvalue weighted by Crippen LogP contribution is -2.60. The van der Waals surface area contributed by atoms with E-state index in [0.29, 0.717) is 47.6 Å². The Hall–Kier alpha value is -4.00. The Morgan fingerprint density at radius 3 is 2.34 bits per heavy atom. The van der Waals surface area contributed by atoms with E-state index in [1.807, 2.05) is 12.1 Å². The molecule has 2 aromatic heterocycles. The van der Waals surface area contributed by atoms with Crippen LogP contribution >= 0.6 is 0 Å². The molecule has 12 nitrogen and oxygen atoms in total. The van der Waals surface area contributed by atoms with E-state index >= 15 is 0 Å². The Morgan fingerprint density at radius 2 is 1.68 bits per heavy atom. The lowest BCUT2D eigenvalue weighted by molar-refractivity contribution is -0.0419. The van der Waals surface area contributed by atoms with Crippen LogP contribution < -0.4 is 26.0 Å². The summed E-state index contributed by atoms with van der Waals surface area (Å²) in [6.45, 7) is 8.49. The third kappa shape index (κ3) is 6.86. The van der Waals surface area contributed by atoms with Gasteiger partial charge in [-0.25, -0.2) is 9.97 Å². The third-order valence-corrected chi connectivity index (χ3v) is 10.5. The SMILES string of the molecule is COc1cccnc1-c1nc(C(N)=O)c(Nc2ccc(N3CCC(N4CCC5(CC4)CN(C)C5)CC3)cc2)nc1NC1CCOCC1. The lowest BCUT2D eigenvalue weighted by atomic mass is 9.72. The van der Waals surface area contributed by atoms with Crippen molar-refractivity contribution in [3.63, 3.8) is 0 Å². The lowest BCUT2D eigenvalue weighted by Gasteiger charge is -2.54. The Balaban J connectivity index is 1.05. The average Bonchev–Trinajstić information content (AvgIpc) is 3.09. The van der Waals surface area contributed by atoms with Crippen molar-refractivity contribution in [3.8, 4) is 17.1 Å². The quantitative estimate of drug-likeness (QED) is 0.313. The minimum absolute atomic E-state index is 0.0318. The molecule has 47 heavy (non-hydrogen) atoms. The third-order valence-electron chi connectivity index (χ3n) is 10.5. The van der Waals surface area contributed by atoms with Gasteiger partial charge in [0.15, 0.2) is 17.3 Å². The molecule has 1 spiro atoms. The number of ether oxygens (including phenoxy) is 2. The normalized spacial score (nSPS) is 20.9. The number of nitrogens with two attached hydrogens (primary N) is 1. The van der Waals surface area contributed by atoms with Crippen LogP contribution in [0.2, 0.25) is 0 Å². The topological polar surface area (TPSA) is 134 Å². The molecule has 4 aliphatic heterocycles. The molecule has 4 saturated heterocycles. The van der Waals surface area contributed by atoms with Crippen molar-refractivity contribution in [1.29, 1.82) is 0 Å². The van der Waals surface area contributed by atoms with Gasteiger partial charge in [0.05, 0.1) is 7.11 Å². The predicted molar refractivity (Wildman–Crippen MR) is 183 cm³/mol.